The van der Waals surface area contributed by atoms with Gasteiger partial charge in [-0.25, -0.2) is 9.82 Å². The molecule has 0 aromatic heterocycles. The molecule has 25 heavy (non-hydrogen) atoms. The number of halogens is 1. The highest BCUT2D eigenvalue weighted by Gasteiger charge is 2.07. The Kier molecular flexibility index (Phi) is 6.33. The highest BCUT2D eigenvalue weighted by Crippen LogP contribution is 2.27. The number of rotatable bonds is 7. The molecule has 0 aliphatic carbocycles. The number of ether oxygens (including phenoxy) is 3. The summed E-state index contributed by atoms with van der Waals surface area (Å²) < 4.78 is 28.4. The summed E-state index contributed by atoms with van der Waals surface area (Å²) in [6.45, 7) is 1.52. The summed E-state index contributed by atoms with van der Waals surface area (Å²) in [5.74, 6) is 0.782. The first-order valence-electron chi connectivity index (χ1n) is 7.47. The highest BCUT2D eigenvalue weighted by atomic mass is 19.1. The number of nitrogens with one attached hydrogen (secondary N) is 1. The van der Waals surface area contributed by atoms with Gasteiger partial charge in [0.2, 0.25) is 0 Å². The second-order valence-corrected chi connectivity index (χ2v) is 5.04. The Morgan fingerprint density at radius 3 is 2.40 bits per heavy atom. The maximum atomic E-state index is 12.8. The van der Waals surface area contributed by atoms with Crippen LogP contribution in [0.15, 0.2) is 47.6 Å². The van der Waals surface area contributed by atoms with Gasteiger partial charge in [-0.15, -0.1) is 0 Å². The molecule has 6 nitrogen and oxygen atoms in total. The third-order valence-electron chi connectivity index (χ3n) is 3.33. The fourth-order valence-electron chi connectivity index (χ4n) is 1.98. The van der Waals surface area contributed by atoms with Crippen molar-refractivity contribution in [1.82, 2.24) is 5.43 Å². The van der Waals surface area contributed by atoms with Gasteiger partial charge in [0, 0.05) is 5.56 Å². The molecule has 0 atom stereocenters. The van der Waals surface area contributed by atoms with Crippen LogP contribution in [0.1, 0.15) is 12.5 Å². The summed E-state index contributed by atoms with van der Waals surface area (Å²) in [4.78, 5) is 11.8. The van der Waals surface area contributed by atoms with Crippen molar-refractivity contribution in [3.05, 3.63) is 53.8 Å². The largest absolute Gasteiger partial charge is 0.493 e. The molecule has 0 aliphatic heterocycles. The highest BCUT2D eigenvalue weighted by molar-refractivity contribution is 5.99. The van der Waals surface area contributed by atoms with Crippen LogP contribution in [0.3, 0.4) is 0 Å². The zero-order valence-corrected chi connectivity index (χ0v) is 14.2. The molecule has 0 unspecified atom stereocenters. The van der Waals surface area contributed by atoms with Crippen molar-refractivity contribution in [1.29, 1.82) is 0 Å². The minimum Gasteiger partial charge on any atom is -0.493 e. The van der Waals surface area contributed by atoms with Crippen LogP contribution >= 0.6 is 0 Å². The Morgan fingerprint density at radius 1 is 1.08 bits per heavy atom. The molecular weight excluding hydrogens is 327 g/mol. The first kappa shape index (κ1) is 18.3. The minimum absolute atomic E-state index is 0.228. The number of carbonyl (C=O) groups is 1. The number of carbonyl (C=O) groups excluding carboxylic acids is 1. The predicted octanol–water partition coefficient (Wildman–Crippen LogP) is 2.76. The fraction of sp³-hybridized carbons (Fsp3) is 0.222. The van der Waals surface area contributed by atoms with Gasteiger partial charge in [0.25, 0.3) is 5.91 Å². The van der Waals surface area contributed by atoms with E-state index in [2.05, 4.69) is 10.5 Å². The second kappa shape index (κ2) is 8.68. The standard InChI is InChI=1S/C18H19FN2O4/c1-12(13-4-9-16(23-2)17(10-13)24-3)20-21-18(22)11-25-15-7-5-14(19)6-8-15/h4-10H,11H2,1-3H3,(H,21,22)/b20-12-. The van der Waals surface area contributed by atoms with E-state index >= 15 is 0 Å². The predicted molar refractivity (Wildman–Crippen MR) is 91.8 cm³/mol. The van der Waals surface area contributed by atoms with Crippen LogP contribution in [0, 0.1) is 5.82 Å². The zero-order valence-electron chi connectivity index (χ0n) is 14.2. The van der Waals surface area contributed by atoms with Gasteiger partial charge in [0.1, 0.15) is 11.6 Å². The minimum atomic E-state index is -0.427. The van der Waals surface area contributed by atoms with Crippen LogP contribution in [-0.2, 0) is 4.79 Å². The van der Waals surface area contributed by atoms with Gasteiger partial charge in [-0.05, 0) is 49.4 Å². The van der Waals surface area contributed by atoms with Crippen molar-refractivity contribution in [2.75, 3.05) is 20.8 Å². The van der Waals surface area contributed by atoms with Crippen LogP contribution < -0.4 is 19.6 Å². The Morgan fingerprint density at radius 2 is 1.76 bits per heavy atom. The lowest BCUT2D eigenvalue weighted by Crippen LogP contribution is -2.25. The van der Waals surface area contributed by atoms with Crippen LogP contribution in [0.25, 0.3) is 0 Å². The number of nitrogens with zero attached hydrogens (tertiary/aromatic N) is 1. The average molecular weight is 346 g/mol. The maximum Gasteiger partial charge on any atom is 0.277 e. The average Bonchev–Trinajstić information content (AvgIpc) is 2.64. The van der Waals surface area contributed by atoms with Crippen LogP contribution in [-0.4, -0.2) is 32.4 Å². The van der Waals surface area contributed by atoms with Crippen molar-refractivity contribution >= 4 is 11.6 Å². The zero-order chi connectivity index (χ0) is 18.2. The molecule has 0 bridgehead atoms. The van der Waals surface area contributed by atoms with E-state index in [-0.39, 0.29) is 12.4 Å². The smallest absolute Gasteiger partial charge is 0.277 e. The van der Waals surface area contributed by atoms with Crippen molar-refractivity contribution in [2.45, 2.75) is 6.92 Å². The van der Waals surface area contributed by atoms with Gasteiger partial charge in [-0.3, -0.25) is 4.79 Å². The normalized spacial score (nSPS) is 11.0. The number of benzene rings is 2. The van der Waals surface area contributed by atoms with E-state index < -0.39 is 5.91 Å². The Hall–Kier alpha value is -3.09. The number of hydrogen-bond donors (Lipinski definition) is 1. The lowest BCUT2D eigenvalue weighted by molar-refractivity contribution is -0.123. The van der Waals surface area contributed by atoms with Gasteiger partial charge >= 0.3 is 0 Å². The number of hydrazone groups is 1. The van der Waals surface area contributed by atoms with E-state index in [9.17, 15) is 9.18 Å². The van der Waals surface area contributed by atoms with E-state index in [1.807, 2.05) is 0 Å². The van der Waals surface area contributed by atoms with Crippen LogP contribution in [0.2, 0.25) is 0 Å². The summed E-state index contributed by atoms with van der Waals surface area (Å²) >= 11 is 0. The number of methoxy groups -OCH3 is 2. The van der Waals surface area contributed by atoms with Gasteiger partial charge in [-0.2, -0.15) is 5.10 Å². The summed E-state index contributed by atoms with van der Waals surface area (Å²) in [5, 5.41) is 4.03. The molecule has 2 aromatic rings. The van der Waals surface area contributed by atoms with E-state index in [0.717, 1.165) is 5.56 Å². The van der Waals surface area contributed by atoms with Crippen LogP contribution in [0.5, 0.6) is 17.2 Å². The molecule has 7 heteroatoms. The summed E-state index contributed by atoms with van der Waals surface area (Å²) in [7, 11) is 3.10. The summed E-state index contributed by atoms with van der Waals surface area (Å²) in [6.07, 6.45) is 0. The third kappa shape index (κ3) is 5.20. The molecule has 0 saturated carbocycles. The van der Waals surface area contributed by atoms with Gasteiger partial charge in [-0.1, -0.05) is 0 Å². The molecule has 0 heterocycles. The molecule has 0 aliphatic rings. The quantitative estimate of drug-likeness (QED) is 0.618. The molecule has 1 amide bonds. The van der Waals surface area contributed by atoms with E-state index in [0.29, 0.717) is 23.0 Å². The number of amides is 1. The molecule has 132 valence electrons. The fourth-order valence-corrected chi connectivity index (χ4v) is 1.98. The lowest BCUT2D eigenvalue weighted by atomic mass is 10.1. The molecule has 2 rings (SSSR count). The van der Waals surface area contributed by atoms with E-state index in [1.165, 1.54) is 24.3 Å². The first-order valence-corrected chi connectivity index (χ1v) is 7.47. The van der Waals surface area contributed by atoms with Crippen molar-refractivity contribution in [2.24, 2.45) is 5.10 Å². The Balaban J connectivity index is 1.93. The first-order chi connectivity index (χ1) is 12.0. The second-order valence-electron chi connectivity index (χ2n) is 5.04. The monoisotopic (exact) mass is 346 g/mol. The topological polar surface area (TPSA) is 69.2 Å². The Labute approximate surface area is 145 Å². The molecule has 0 saturated heterocycles. The number of hydrogen-bond acceptors (Lipinski definition) is 5. The maximum absolute atomic E-state index is 12.8. The van der Waals surface area contributed by atoms with Gasteiger partial charge < -0.3 is 14.2 Å². The lowest BCUT2D eigenvalue weighted by Gasteiger charge is -2.09. The van der Waals surface area contributed by atoms with E-state index in [4.69, 9.17) is 14.2 Å². The van der Waals surface area contributed by atoms with Crippen molar-refractivity contribution in [3.63, 3.8) is 0 Å². The van der Waals surface area contributed by atoms with Crippen LogP contribution in [0.4, 0.5) is 4.39 Å². The summed E-state index contributed by atoms with van der Waals surface area (Å²) in [6, 6.07) is 10.7. The molecule has 0 spiro atoms. The molecule has 1 N–H and O–H groups in total. The van der Waals surface area contributed by atoms with Crippen molar-refractivity contribution < 1.29 is 23.4 Å². The molecule has 2 aromatic carbocycles. The van der Waals surface area contributed by atoms with Crippen molar-refractivity contribution in [3.8, 4) is 17.2 Å². The van der Waals surface area contributed by atoms with Gasteiger partial charge in [0.15, 0.2) is 18.1 Å². The van der Waals surface area contributed by atoms with E-state index in [1.54, 1.807) is 39.3 Å². The SMILES string of the molecule is COc1ccc(/C(C)=N\NC(=O)COc2ccc(F)cc2)cc1OC. The molecular formula is C18H19FN2O4. The molecule has 0 radical (unpaired) electrons. The molecule has 0 fully saturated rings. The third-order valence-corrected chi connectivity index (χ3v) is 3.33. The van der Waals surface area contributed by atoms with Gasteiger partial charge in [0.05, 0.1) is 19.9 Å². The summed E-state index contributed by atoms with van der Waals surface area (Å²) in [5.41, 5.74) is 3.78. The Bertz CT molecular complexity index is 760.